The average molecular weight is 445 g/mol. The van der Waals surface area contributed by atoms with Gasteiger partial charge < -0.3 is 19.7 Å². The van der Waals surface area contributed by atoms with Gasteiger partial charge in [-0.15, -0.1) is 0 Å². The van der Waals surface area contributed by atoms with Gasteiger partial charge in [0.1, 0.15) is 0 Å². The van der Waals surface area contributed by atoms with Gasteiger partial charge in [-0.3, -0.25) is 9.59 Å². The van der Waals surface area contributed by atoms with Crippen LogP contribution in [-0.2, 0) is 19.1 Å². The van der Waals surface area contributed by atoms with Crippen LogP contribution in [0.5, 0.6) is 0 Å². The maximum absolute atomic E-state index is 11.3. The Morgan fingerprint density at radius 2 is 0.774 bits per heavy atom. The highest BCUT2D eigenvalue weighted by Crippen LogP contribution is 2.15. The van der Waals surface area contributed by atoms with Gasteiger partial charge in [-0.05, 0) is 12.8 Å². The summed E-state index contributed by atoms with van der Waals surface area (Å²) in [5.74, 6) is -1.09. The summed E-state index contributed by atoms with van der Waals surface area (Å²) in [4.78, 5) is 31.8. The highest BCUT2D eigenvalue weighted by molar-refractivity contribution is 5.69. The monoisotopic (exact) mass is 444 g/mol. The standard InChI is InChI=1S/C24H44O7/c25-22(26)19-17-15-13-11-9-7-5-3-1-2-4-6-8-10-12-14-16-18-20-23(27)30-21-31-24(28)29/h1-21H2,(H,25,26)(H,28,29). The van der Waals surface area contributed by atoms with E-state index < -0.39 is 24.9 Å². The molecule has 0 fully saturated rings. The number of aliphatic carboxylic acids is 1. The molecule has 0 aromatic rings. The van der Waals surface area contributed by atoms with Gasteiger partial charge in [0, 0.05) is 12.8 Å². The van der Waals surface area contributed by atoms with Crippen LogP contribution in [0.1, 0.15) is 128 Å². The van der Waals surface area contributed by atoms with E-state index in [4.69, 9.17) is 10.2 Å². The zero-order valence-electron chi connectivity index (χ0n) is 19.3. The third-order valence-electron chi connectivity index (χ3n) is 5.42. The minimum atomic E-state index is -1.44. The van der Waals surface area contributed by atoms with Crippen molar-refractivity contribution < 1.29 is 34.1 Å². The van der Waals surface area contributed by atoms with E-state index in [-0.39, 0.29) is 0 Å². The van der Waals surface area contributed by atoms with E-state index in [9.17, 15) is 14.4 Å². The molecule has 2 N–H and O–H groups in total. The summed E-state index contributed by atoms with van der Waals surface area (Å²) >= 11 is 0. The minimum Gasteiger partial charge on any atom is -0.481 e. The Hall–Kier alpha value is -1.79. The number of carbonyl (C=O) groups excluding carboxylic acids is 1. The number of hydrogen-bond donors (Lipinski definition) is 2. The summed E-state index contributed by atoms with van der Waals surface area (Å²) in [5.41, 5.74) is 0. The second kappa shape index (κ2) is 22.9. The number of unbranched alkanes of at least 4 members (excludes halogenated alkanes) is 17. The van der Waals surface area contributed by atoms with Crippen LogP contribution < -0.4 is 0 Å². The third kappa shape index (κ3) is 26.2. The lowest BCUT2D eigenvalue weighted by Crippen LogP contribution is -2.10. The molecule has 0 rings (SSSR count). The summed E-state index contributed by atoms with van der Waals surface area (Å²) in [6.45, 7) is -0.522. The van der Waals surface area contributed by atoms with Gasteiger partial charge >= 0.3 is 18.1 Å². The van der Waals surface area contributed by atoms with Crippen molar-refractivity contribution in [2.24, 2.45) is 0 Å². The zero-order valence-corrected chi connectivity index (χ0v) is 19.3. The normalized spacial score (nSPS) is 10.7. The van der Waals surface area contributed by atoms with E-state index in [1.54, 1.807) is 0 Å². The predicted octanol–water partition coefficient (Wildman–Crippen LogP) is 7.07. The van der Waals surface area contributed by atoms with Crippen molar-refractivity contribution in [3.05, 3.63) is 0 Å². The van der Waals surface area contributed by atoms with Gasteiger partial charge in [0.15, 0.2) is 0 Å². The largest absolute Gasteiger partial charge is 0.508 e. The molecule has 0 aliphatic rings. The Kier molecular flexibility index (Phi) is 21.6. The molecular weight excluding hydrogens is 400 g/mol. The zero-order chi connectivity index (χ0) is 23.0. The number of carboxylic acids is 1. The number of rotatable bonds is 23. The van der Waals surface area contributed by atoms with Crippen LogP contribution in [-0.4, -0.2) is 35.1 Å². The van der Waals surface area contributed by atoms with Crippen molar-refractivity contribution >= 4 is 18.1 Å². The number of esters is 1. The van der Waals surface area contributed by atoms with Crippen LogP contribution in [0.15, 0.2) is 0 Å². The van der Waals surface area contributed by atoms with Crippen molar-refractivity contribution in [2.75, 3.05) is 6.79 Å². The van der Waals surface area contributed by atoms with Gasteiger partial charge in [0.25, 0.3) is 0 Å². The first-order chi connectivity index (χ1) is 15.0. The Morgan fingerprint density at radius 1 is 0.452 bits per heavy atom. The minimum absolute atomic E-state index is 0.313. The Balaban J connectivity index is 3.11. The molecule has 0 unspecified atom stereocenters. The first-order valence-corrected chi connectivity index (χ1v) is 12.3. The molecule has 0 aliphatic heterocycles. The van der Waals surface area contributed by atoms with Crippen molar-refractivity contribution in [3.8, 4) is 0 Å². The van der Waals surface area contributed by atoms with Crippen LogP contribution in [0.3, 0.4) is 0 Å². The number of carboxylic acid groups (broad SMARTS) is 2. The molecule has 0 bridgehead atoms. The van der Waals surface area contributed by atoms with Crippen molar-refractivity contribution in [2.45, 2.75) is 128 Å². The molecule has 182 valence electrons. The highest BCUT2D eigenvalue weighted by Gasteiger charge is 2.04. The fourth-order valence-corrected chi connectivity index (χ4v) is 3.59. The van der Waals surface area contributed by atoms with Gasteiger partial charge in [-0.25, -0.2) is 4.79 Å². The van der Waals surface area contributed by atoms with E-state index in [1.165, 1.54) is 83.5 Å². The van der Waals surface area contributed by atoms with E-state index in [1.807, 2.05) is 0 Å². The molecule has 0 saturated heterocycles. The Labute approximate surface area is 187 Å². The van der Waals surface area contributed by atoms with E-state index in [0.717, 1.165) is 32.1 Å². The summed E-state index contributed by atoms with van der Waals surface area (Å²) in [6, 6.07) is 0. The molecule has 0 aromatic heterocycles. The summed E-state index contributed by atoms with van der Waals surface area (Å²) in [6.07, 6.45) is 20.7. The fraction of sp³-hybridized carbons (Fsp3) is 0.875. The van der Waals surface area contributed by atoms with Crippen LogP contribution in [0.25, 0.3) is 0 Å². The van der Waals surface area contributed by atoms with Gasteiger partial charge in [-0.2, -0.15) is 0 Å². The third-order valence-corrected chi connectivity index (χ3v) is 5.42. The van der Waals surface area contributed by atoms with Gasteiger partial charge in [0.2, 0.25) is 6.79 Å². The molecule has 7 heteroatoms. The lowest BCUT2D eigenvalue weighted by Gasteiger charge is -2.04. The molecule has 0 aromatic carbocycles. The quantitative estimate of drug-likeness (QED) is 0.0985. The second-order valence-corrected chi connectivity index (χ2v) is 8.30. The van der Waals surface area contributed by atoms with Crippen molar-refractivity contribution in [1.29, 1.82) is 0 Å². The second-order valence-electron chi connectivity index (χ2n) is 8.30. The van der Waals surface area contributed by atoms with E-state index in [0.29, 0.717) is 12.8 Å². The first-order valence-electron chi connectivity index (χ1n) is 12.3. The summed E-state index contributed by atoms with van der Waals surface area (Å²) < 4.78 is 8.76. The molecule has 0 aliphatic carbocycles. The van der Waals surface area contributed by atoms with Crippen LogP contribution in [0.2, 0.25) is 0 Å². The predicted molar refractivity (Wildman–Crippen MR) is 120 cm³/mol. The molecule has 31 heavy (non-hydrogen) atoms. The lowest BCUT2D eigenvalue weighted by molar-refractivity contribution is -0.153. The first kappa shape index (κ1) is 29.2. The Morgan fingerprint density at radius 3 is 1.10 bits per heavy atom. The number of carbonyl (C=O) groups is 3. The molecule has 0 atom stereocenters. The molecule has 7 nitrogen and oxygen atoms in total. The SMILES string of the molecule is O=C(O)CCCCCCCCCCCCCCCCCCCCC(=O)OCOC(=O)O. The van der Waals surface area contributed by atoms with Crippen LogP contribution in [0, 0.1) is 0 Å². The number of hydrogen-bond acceptors (Lipinski definition) is 5. The van der Waals surface area contributed by atoms with Crippen LogP contribution in [0.4, 0.5) is 4.79 Å². The number of ether oxygens (including phenoxy) is 2. The fourth-order valence-electron chi connectivity index (χ4n) is 3.59. The van der Waals surface area contributed by atoms with Gasteiger partial charge in [0.05, 0.1) is 0 Å². The maximum atomic E-state index is 11.3. The van der Waals surface area contributed by atoms with Gasteiger partial charge in [-0.1, -0.05) is 103 Å². The topological polar surface area (TPSA) is 110 Å². The van der Waals surface area contributed by atoms with Crippen LogP contribution >= 0.6 is 0 Å². The summed E-state index contributed by atoms with van der Waals surface area (Å²) in [5, 5.41) is 16.8. The van der Waals surface area contributed by atoms with Crippen molar-refractivity contribution in [3.63, 3.8) is 0 Å². The molecule has 0 spiro atoms. The summed E-state index contributed by atoms with van der Waals surface area (Å²) in [7, 11) is 0. The highest BCUT2D eigenvalue weighted by atomic mass is 16.7. The van der Waals surface area contributed by atoms with Crippen molar-refractivity contribution in [1.82, 2.24) is 0 Å². The smallest absolute Gasteiger partial charge is 0.481 e. The molecular formula is C24H44O7. The lowest BCUT2D eigenvalue weighted by atomic mass is 10.0. The molecule has 0 radical (unpaired) electrons. The molecule has 0 saturated carbocycles. The maximum Gasteiger partial charge on any atom is 0.508 e. The van der Waals surface area contributed by atoms with E-state index >= 15 is 0 Å². The molecule has 0 amide bonds. The van der Waals surface area contributed by atoms with E-state index in [2.05, 4.69) is 9.47 Å². The molecule has 0 heterocycles. The Bertz CT molecular complexity index is 451. The average Bonchev–Trinajstić information content (AvgIpc) is 2.71.